The van der Waals surface area contributed by atoms with E-state index in [4.69, 9.17) is 0 Å². The van der Waals surface area contributed by atoms with Gasteiger partial charge in [0.05, 0.1) is 12.0 Å². The number of rotatable bonds is 3. The van der Waals surface area contributed by atoms with Gasteiger partial charge in [0, 0.05) is 30.7 Å². The molecule has 2 aromatic heterocycles. The molecule has 0 saturated carbocycles. The molecule has 0 spiro atoms. The molecule has 0 bridgehead atoms. The summed E-state index contributed by atoms with van der Waals surface area (Å²) in [4.78, 5) is 8.36. The first-order valence-electron chi connectivity index (χ1n) is 5.98. The summed E-state index contributed by atoms with van der Waals surface area (Å²) in [6.07, 6.45) is 7.22. The molecule has 0 amide bonds. The zero-order valence-corrected chi connectivity index (χ0v) is 10.2. The largest absolute Gasteiger partial charge is 0.333 e. The van der Waals surface area contributed by atoms with Crippen LogP contribution in [0.5, 0.6) is 0 Å². The van der Waals surface area contributed by atoms with Crippen LogP contribution in [0.4, 0.5) is 4.39 Å². The van der Waals surface area contributed by atoms with Gasteiger partial charge >= 0.3 is 0 Å². The zero-order chi connectivity index (χ0) is 13.1. The van der Waals surface area contributed by atoms with E-state index < -0.39 is 0 Å². The molecule has 0 saturated heterocycles. The lowest BCUT2D eigenvalue weighted by molar-refractivity contribution is 0.628. The van der Waals surface area contributed by atoms with Crippen LogP contribution in [0, 0.1) is 5.82 Å². The lowest BCUT2D eigenvalue weighted by Crippen LogP contribution is -1.97. The molecule has 3 rings (SSSR count). The lowest BCUT2D eigenvalue weighted by atomic mass is 10.1. The molecule has 0 unspecified atom stereocenters. The van der Waals surface area contributed by atoms with Crippen molar-refractivity contribution in [2.24, 2.45) is 0 Å². The maximum atomic E-state index is 13.1. The number of pyridine rings is 1. The number of aromatic nitrogens is 3. The van der Waals surface area contributed by atoms with Crippen LogP contribution in [-0.2, 0) is 6.54 Å². The monoisotopic (exact) mass is 253 g/mol. The second-order valence-corrected chi connectivity index (χ2v) is 4.30. The molecule has 3 nitrogen and oxygen atoms in total. The minimum atomic E-state index is -0.248. The van der Waals surface area contributed by atoms with Gasteiger partial charge in [-0.15, -0.1) is 0 Å². The molecule has 0 aliphatic carbocycles. The SMILES string of the molecule is Fc1cccc(-c2ccc(Cn3ccnc3)cn2)c1. The average Bonchev–Trinajstić information content (AvgIpc) is 2.92. The molecular weight excluding hydrogens is 241 g/mol. The van der Waals surface area contributed by atoms with E-state index in [2.05, 4.69) is 9.97 Å². The molecule has 0 aliphatic heterocycles. The fourth-order valence-electron chi connectivity index (χ4n) is 1.93. The van der Waals surface area contributed by atoms with Crippen LogP contribution in [0.2, 0.25) is 0 Å². The highest BCUT2D eigenvalue weighted by Gasteiger charge is 2.01. The van der Waals surface area contributed by atoms with Crippen LogP contribution < -0.4 is 0 Å². The van der Waals surface area contributed by atoms with Crippen LogP contribution in [-0.4, -0.2) is 14.5 Å². The Hall–Kier alpha value is -2.49. The van der Waals surface area contributed by atoms with Crippen molar-refractivity contribution < 1.29 is 4.39 Å². The predicted octanol–water partition coefficient (Wildman–Crippen LogP) is 3.13. The van der Waals surface area contributed by atoms with Crippen molar-refractivity contribution >= 4 is 0 Å². The molecule has 0 atom stereocenters. The molecule has 1 aromatic carbocycles. The number of halogens is 1. The zero-order valence-electron chi connectivity index (χ0n) is 10.2. The van der Waals surface area contributed by atoms with E-state index in [-0.39, 0.29) is 5.82 Å². The van der Waals surface area contributed by atoms with Gasteiger partial charge in [-0.2, -0.15) is 0 Å². The van der Waals surface area contributed by atoms with Crippen molar-refractivity contribution in [3.8, 4) is 11.3 Å². The summed E-state index contributed by atoms with van der Waals surface area (Å²) >= 11 is 0. The Balaban J connectivity index is 1.82. The third kappa shape index (κ3) is 2.68. The number of imidazole rings is 1. The van der Waals surface area contributed by atoms with E-state index in [1.807, 2.05) is 29.0 Å². The summed E-state index contributed by atoms with van der Waals surface area (Å²) in [5, 5.41) is 0. The number of nitrogens with zero attached hydrogens (tertiary/aromatic N) is 3. The van der Waals surface area contributed by atoms with E-state index in [9.17, 15) is 4.39 Å². The highest BCUT2D eigenvalue weighted by molar-refractivity contribution is 5.58. The second-order valence-electron chi connectivity index (χ2n) is 4.30. The van der Waals surface area contributed by atoms with Gasteiger partial charge in [0.25, 0.3) is 0 Å². The lowest BCUT2D eigenvalue weighted by Gasteiger charge is -2.04. The van der Waals surface area contributed by atoms with Crippen molar-refractivity contribution in [2.75, 3.05) is 0 Å². The summed E-state index contributed by atoms with van der Waals surface area (Å²) in [6, 6.07) is 10.3. The molecule has 2 heterocycles. The molecule has 94 valence electrons. The van der Waals surface area contributed by atoms with Crippen molar-refractivity contribution in [1.29, 1.82) is 0 Å². The highest BCUT2D eigenvalue weighted by Crippen LogP contribution is 2.18. The fourth-order valence-corrected chi connectivity index (χ4v) is 1.93. The van der Waals surface area contributed by atoms with Crippen molar-refractivity contribution in [3.05, 3.63) is 72.7 Å². The molecule has 4 heteroatoms. The summed E-state index contributed by atoms with van der Waals surface area (Å²) in [5.41, 5.74) is 2.64. The average molecular weight is 253 g/mol. The third-order valence-corrected chi connectivity index (χ3v) is 2.87. The van der Waals surface area contributed by atoms with Gasteiger partial charge < -0.3 is 4.57 Å². The van der Waals surface area contributed by atoms with Gasteiger partial charge in [0.15, 0.2) is 0 Å². The van der Waals surface area contributed by atoms with E-state index in [0.717, 1.165) is 23.4 Å². The predicted molar refractivity (Wildman–Crippen MR) is 71.0 cm³/mol. The summed E-state index contributed by atoms with van der Waals surface area (Å²) < 4.78 is 15.1. The summed E-state index contributed by atoms with van der Waals surface area (Å²) in [7, 11) is 0. The second kappa shape index (κ2) is 5.02. The Morgan fingerprint density at radius 1 is 1.16 bits per heavy atom. The van der Waals surface area contributed by atoms with Crippen LogP contribution >= 0.6 is 0 Å². The number of hydrogen-bond donors (Lipinski definition) is 0. The van der Waals surface area contributed by atoms with Crippen molar-refractivity contribution in [1.82, 2.24) is 14.5 Å². The fraction of sp³-hybridized carbons (Fsp3) is 0.0667. The van der Waals surface area contributed by atoms with E-state index in [1.165, 1.54) is 12.1 Å². The topological polar surface area (TPSA) is 30.7 Å². The standard InChI is InChI=1S/C15H12FN3/c16-14-3-1-2-13(8-14)15-5-4-12(9-18-15)10-19-7-6-17-11-19/h1-9,11H,10H2. The molecule has 19 heavy (non-hydrogen) atoms. The maximum absolute atomic E-state index is 13.1. The summed E-state index contributed by atoms with van der Waals surface area (Å²) in [6.45, 7) is 0.733. The van der Waals surface area contributed by atoms with Gasteiger partial charge in [-0.25, -0.2) is 9.37 Å². The molecule has 0 aliphatic rings. The van der Waals surface area contributed by atoms with Crippen molar-refractivity contribution in [2.45, 2.75) is 6.54 Å². The van der Waals surface area contributed by atoms with Crippen molar-refractivity contribution in [3.63, 3.8) is 0 Å². The Morgan fingerprint density at radius 2 is 2.11 bits per heavy atom. The molecule has 3 aromatic rings. The minimum absolute atomic E-state index is 0.248. The van der Waals surface area contributed by atoms with Gasteiger partial charge in [-0.1, -0.05) is 18.2 Å². The van der Waals surface area contributed by atoms with E-state index >= 15 is 0 Å². The maximum Gasteiger partial charge on any atom is 0.123 e. The van der Waals surface area contributed by atoms with Gasteiger partial charge in [0.2, 0.25) is 0 Å². The highest BCUT2D eigenvalue weighted by atomic mass is 19.1. The van der Waals surface area contributed by atoms with Gasteiger partial charge in [-0.05, 0) is 23.8 Å². The Morgan fingerprint density at radius 3 is 2.79 bits per heavy atom. The van der Waals surface area contributed by atoms with Gasteiger partial charge in [0.1, 0.15) is 5.82 Å². The number of benzene rings is 1. The smallest absolute Gasteiger partial charge is 0.123 e. The Bertz CT molecular complexity index is 660. The first kappa shape index (κ1) is 11.6. The summed E-state index contributed by atoms with van der Waals surface area (Å²) in [5.74, 6) is -0.248. The van der Waals surface area contributed by atoms with Gasteiger partial charge in [-0.3, -0.25) is 4.98 Å². The quantitative estimate of drug-likeness (QED) is 0.718. The molecule has 0 fully saturated rings. The first-order valence-corrected chi connectivity index (χ1v) is 5.98. The normalized spacial score (nSPS) is 10.6. The number of hydrogen-bond acceptors (Lipinski definition) is 2. The van der Waals surface area contributed by atoms with Crippen LogP contribution in [0.25, 0.3) is 11.3 Å². The third-order valence-electron chi connectivity index (χ3n) is 2.87. The van der Waals surface area contributed by atoms with E-state index in [1.54, 1.807) is 24.8 Å². The van der Waals surface area contributed by atoms with Crippen LogP contribution in [0.3, 0.4) is 0 Å². The Labute approximate surface area is 110 Å². The molecular formula is C15H12FN3. The Kier molecular flexibility index (Phi) is 3.06. The molecule has 0 N–H and O–H groups in total. The first-order chi connectivity index (χ1) is 9.31. The van der Waals surface area contributed by atoms with Crippen LogP contribution in [0.15, 0.2) is 61.3 Å². The van der Waals surface area contributed by atoms with Crippen LogP contribution in [0.1, 0.15) is 5.56 Å². The molecule has 0 radical (unpaired) electrons. The van der Waals surface area contributed by atoms with E-state index in [0.29, 0.717) is 0 Å². The minimum Gasteiger partial charge on any atom is -0.333 e.